The third-order valence-electron chi connectivity index (χ3n) is 5.33. The number of nitrogens with zero attached hydrogens (tertiary/aromatic N) is 1. The van der Waals surface area contributed by atoms with E-state index in [0.717, 1.165) is 47.2 Å². The molecule has 2 N–H and O–H groups in total. The van der Waals surface area contributed by atoms with Crippen molar-refractivity contribution in [3.63, 3.8) is 0 Å². The number of ether oxygens (including phenoxy) is 1. The van der Waals surface area contributed by atoms with E-state index < -0.39 is 5.97 Å². The summed E-state index contributed by atoms with van der Waals surface area (Å²) in [6.07, 6.45) is 4.67. The maximum Gasteiger partial charge on any atom is 0.341 e. The number of rotatable bonds is 6. The van der Waals surface area contributed by atoms with Gasteiger partial charge in [-0.25, -0.2) is 9.78 Å². The van der Waals surface area contributed by atoms with Gasteiger partial charge in [-0.2, -0.15) is 0 Å². The van der Waals surface area contributed by atoms with Gasteiger partial charge in [0, 0.05) is 17.4 Å². The van der Waals surface area contributed by atoms with Crippen LogP contribution in [0.3, 0.4) is 0 Å². The number of hydrogen-bond acceptors (Lipinski definition) is 5. The van der Waals surface area contributed by atoms with E-state index in [2.05, 4.69) is 16.4 Å². The summed E-state index contributed by atoms with van der Waals surface area (Å²) in [5.41, 5.74) is 6.29. The lowest BCUT2D eigenvalue weighted by Gasteiger charge is -2.28. The van der Waals surface area contributed by atoms with E-state index in [1.54, 1.807) is 6.20 Å². The maximum atomic E-state index is 10.9. The van der Waals surface area contributed by atoms with Gasteiger partial charge in [0.15, 0.2) is 6.61 Å². The number of hydrogen-bond donors (Lipinski definition) is 2. The highest BCUT2D eigenvalue weighted by Crippen LogP contribution is 2.37. The summed E-state index contributed by atoms with van der Waals surface area (Å²) in [5.74, 6) is -0.305. The summed E-state index contributed by atoms with van der Waals surface area (Å²) in [5, 5.41) is 13.0. The second-order valence-corrected chi connectivity index (χ2v) is 7.88. The molecule has 1 heterocycles. The van der Waals surface area contributed by atoms with E-state index in [9.17, 15) is 4.79 Å². The van der Waals surface area contributed by atoms with Gasteiger partial charge in [-0.3, -0.25) is 0 Å². The standard InChI is InChI=1S/C24H23ClN2O3.2C2H6.CH2O/c1-15-12-20(24(25)26-13-15)16-8-10-17(11-9-16)27-21-6-2-5-19-18(21)4-3-7-22(19)30-14-23(28)29;3*1-2/h3-4,7-13,21,27H,2,5-6,14H2,1H3,(H,28,29);2*1-2H3;1H2. The number of carboxylic acids is 1. The number of aromatic nitrogens is 1. The van der Waals surface area contributed by atoms with E-state index in [0.29, 0.717) is 10.9 Å². The Bertz CT molecular complexity index is 1090. The fourth-order valence-electron chi connectivity index (χ4n) is 3.94. The van der Waals surface area contributed by atoms with Crippen molar-refractivity contribution < 1.29 is 19.4 Å². The first-order valence-corrected chi connectivity index (χ1v) is 12.6. The smallest absolute Gasteiger partial charge is 0.341 e. The van der Waals surface area contributed by atoms with E-state index in [-0.39, 0.29) is 12.6 Å². The molecule has 1 unspecified atom stereocenters. The van der Waals surface area contributed by atoms with Gasteiger partial charge in [0.25, 0.3) is 0 Å². The summed E-state index contributed by atoms with van der Waals surface area (Å²) >= 11 is 6.27. The molecule has 0 spiro atoms. The van der Waals surface area contributed by atoms with Gasteiger partial charge in [0.2, 0.25) is 0 Å². The molecule has 0 saturated carbocycles. The van der Waals surface area contributed by atoms with Gasteiger partial charge in [-0.15, -0.1) is 0 Å². The molecule has 1 aliphatic rings. The van der Waals surface area contributed by atoms with Crippen LogP contribution in [-0.4, -0.2) is 29.5 Å². The van der Waals surface area contributed by atoms with Crippen LogP contribution in [-0.2, 0) is 16.0 Å². The SMILES string of the molecule is C=O.CC.CC.Cc1cnc(Cl)c(-c2ccc(NC3CCCc4c(OCC(=O)O)cccc43)cc2)c1. The molecular weight excluding hydrogens is 476 g/mol. The maximum absolute atomic E-state index is 10.9. The predicted octanol–water partition coefficient (Wildman–Crippen LogP) is 7.53. The van der Waals surface area contributed by atoms with Crippen LogP contribution in [0.4, 0.5) is 5.69 Å². The fourth-order valence-corrected chi connectivity index (χ4v) is 4.15. The van der Waals surface area contributed by atoms with Crippen molar-refractivity contribution >= 4 is 30.0 Å². The number of carboxylic acid groups (broad SMARTS) is 1. The van der Waals surface area contributed by atoms with Gasteiger partial charge in [0.05, 0.1) is 6.04 Å². The zero-order chi connectivity index (χ0) is 27.1. The first kappa shape index (κ1) is 30.7. The average Bonchev–Trinajstić information content (AvgIpc) is 2.93. The van der Waals surface area contributed by atoms with Crippen molar-refractivity contribution in [1.29, 1.82) is 0 Å². The molecule has 0 aliphatic heterocycles. The summed E-state index contributed by atoms with van der Waals surface area (Å²) in [6.45, 7) is 11.7. The Kier molecular flexibility index (Phi) is 13.9. The zero-order valence-electron chi connectivity index (χ0n) is 21.8. The van der Waals surface area contributed by atoms with Crippen LogP contribution < -0.4 is 10.1 Å². The summed E-state index contributed by atoms with van der Waals surface area (Å²) in [7, 11) is 0. The lowest BCUT2D eigenvalue weighted by molar-refractivity contribution is -0.139. The molecule has 0 bridgehead atoms. The molecule has 0 radical (unpaired) electrons. The number of fused-ring (bicyclic) bond motifs is 1. The molecule has 0 saturated heterocycles. The topological polar surface area (TPSA) is 88.5 Å². The second-order valence-electron chi connectivity index (χ2n) is 7.52. The van der Waals surface area contributed by atoms with Gasteiger partial charge in [-0.1, -0.05) is 63.6 Å². The Balaban J connectivity index is 0.00000101. The Labute approximate surface area is 219 Å². The molecule has 0 fully saturated rings. The third kappa shape index (κ3) is 8.38. The molecule has 6 nitrogen and oxygen atoms in total. The highest BCUT2D eigenvalue weighted by molar-refractivity contribution is 6.32. The number of carbonyl (C=O) groups excluding carboxylic acids is 1. The van der Waals surface area contributed by atoms with Crippen LogP contribution in [0, 0.1) is 6.92 Å². The number of carbonyl (C=O) groups is 2. The summed E-state index contributed by atoms with van der Waals surface area (Å²) < 4.78 is 5.50. The second kappa shape index (κ2) is 16.3. The molecule has 4 rings (SSSR count). The Hall–Kier alpha value is -3.38. The van der Waals surface area contributed by atoms with Crippen LogP contribution in [0.15, 0.2) is 54.7 Å². The summed E-state index contributed by atoms with van der Waals surface area (Å²) in [4.78, 5) is 23.1. The van der Waals surface area contributed by atoms with Gasteiger partial charge in [0.1, 0.15) is 17.7 Å². The highest BCUT2D eigenvalue weighted by Gasteiger charge is 2.23. The van der Waals surface area contributed by atoms with Crippen molar-refractivity contribution in [2.75, 3.05) is 11.9 Å². The number of aryl methyl sites for hydroxylation is 1. The normalized spacial score (nSPS) is 13.2. The van der Waals surface area contributed by atoms with E-state index in [1.165, 1.54) is 5.56 Å². The minimum Gasteiger partial charge on any atom is -0.482 e. The molecule has 7 heteroatoms. The van der Waals surface area contributed by atoms with Crippen molar-refractivity contribution in [2.24, 2.45) is 0 Å². The lowest BCUT2D eigenvalue weighted by Crippen LogP contribution is -2.19. The van der Waals surface area contributed by atoms with Crippen LogP contribution in [0.1, 0.15) is 63.3 Å². The van der Waals surface area contributed by atoms with Gasteiger partial charge in [-0.05, 0) is 72.7 Å². The van der Waals surface area contributed by atoms with E-state index in [1.807, 2.05) is 83.9 Å². The van der Waals surface area contributed by atoms with Crippen molar-refractivity contribution in [1.82, 2.24) is 4.98 Å². The molecule has 2 aromatic carbocycles. The van der Waals surface area contributed by atoms with E-state index >= 15 is 0 Å². The largest absolute Gasteiger partial charge is 0.482 e. The minimum absolute atomic E-state index is 0.150. The predicted molar refractivity (Wildman–Crippen MR) is 148 cm³/mol. The Morgan fingerprint density at radius 1 is 1.14 bits per heavy atom. The number of nitrogens with one attached hydrogen (secondary N) is 1. The number of anilines is 1. The molecule has 1 aliphatic carbocycles. The van der Waals surface area contributed by atoms with Crippen LogP contribution in [0.2, 0.25) is 5.15 Å². The minimum atomic E-state index is -0.970. The van der Waals surface area contributed by atoms with Crippen molar-refractivity contribution in [2.45, 2.75) is 59.9 Å². The first-order valence-electron chi connectivity index (χ1n) is 12.3. The van der Waals surface area contributed by atoms with Crippen LogP contribution >= 0.6 is 11.6 Å². The number of benzene rings is 2. The average molecular weight is 513 g/mol. The fraction of sp³-hybridized carbons (Fsp3) is 0.345. The quantitative estimate of drug-likeness (QED) is 0.332. The number of aliphatic carboxylic acids is 1. The molecule has 1 atom stereocenters. The number of pyridine rings is 1. The van der Waals surface area contributed by atoms with E-state index in [4.69, 9.17) is 26.2 Å². The zero-order valence-corrected chi connectivity index (χ0v) is 22.6. The van der Waals surface area contributed by atoms with Gasteiger partial charge < -0.3 is 20.0 Å². The lowest BCUT2D eigenvalue weighted by atomic mass is 9.87. The molecule has 0 amide bonds. The van der Waals surface area contributed by atoms with Crippen LogP contribution in [0.5, 0.6) is 5.75 Å². The van der Waals surface area contributed by atoms with Crippen LogP contribution in [0.25, 0.3) is 11.1 Å². The third-order valence-corrected chi connectivity index (χ3v) is 5.63. The first-order chi connectivity index (χ1) is 17.5. The molecular formula is C29H37ClN2O4. The molecule has 1 aromatic heterocycles. The van der Waals surface area contributed by atoms with Crippen molar-refractivity contribution in [3.05, 3.63) is 76.6 Å². The molecule has 36 heavy (non-hydrogen) atoms. The summed E-state index contributed by atoms with van der Waals surface area (Å²) in [6, 6.07) is 16.2. The van der Waals surface area contributed by atoms with Crippen molar-refractivity contribution in [3.8, 4) is 16.9 Å². The monoisotopic (exact) mass is 512 g/mol. The highest BCUT2D eigenvalue weighted by atomic mass is 35.5. The molecule has 194 valence electrons. The number of halogens is 1. The Morgan fingerprint density at radius 3 is 2.44 bits per heavy atom. The van der Waals surface area contributed by atoms with Gasteiger partial charge >= 0.3 is 5.97 Å². The molecule has 3 aromatic rings. The Morgan fingerprint density at radius 2 is 1.81 bits per heavy atom.